The van der Waals surface area contributed by atoms with Crippen LogP contribution in [0.1, 0.15) is 22.2 Å². The van der Waals surface area contributed by atoms with Gasteiger partial charge in [-0.2, -0.15) is 0 Å². The molecule has 0 radical (unpaired) electrons. The lowest BCUT2D eigenvalue weighted by Crippen LogP contribution is -2.35. The number of carbonyl (C=O) groups excluding carboxylic acids is 2. The second-order valence-electron chi connectivity index (χ2n) is 4.54. The zero-order valence-corrected chi connectivity index (χ0v) is 14.5. The summed E-state index contributed by atoms with van der Waals surface area (Å²) >= 11 is 2.32. The third-order valence-corrected chi connectivity index (χ3v) is 6.02. The van der Waals surface area contributed by atoms with Crippen LogP contribution >= 0.6 is 22.7 Å². The summed E-state index contributed by atoms with van der Waals surface area (Å²) in [5, 5.41) is 10.8. The van der Waals surface area contributed by atoms with Gasteiger partial charge in [0.2, 0.25) is 10.0 Å². The number of ether oxygens (including phenoxy) is 1. The van der Waals surface area contributed by atoms with Gasteiger partial charge in [0, 0.05) is 10.3 Å². The Morgan fingerprint density at radius 2 is 2.13 bits per heavy atom. The molecule has 0 aliphatic carbocycles. The molecule has 0 aliphatic rings. The highest BCUT2D eigenvalue weighted by molar-refractivity contribution is 7.91. The second kappa shape index (κ2) is 7.21. The van der Waals surface area contributed by atoms with E-state index in [1.807, 2.05) is 17.5 Å². The van der Waals surface area contributed by atoms with Crippen LogP contribution in [0.2, 0.25) is 0 Å². The zero-order valence-electron chi connectivity index (χ0n) is 12.0. The van der Waals surface area contributed by atoms with Crippen LogP contribution in [-0.2, 0) is 26.1 Å². The minimum absolute atomic E-state index is 0.0388. The first kappa shape index (κ1) is 17.6. The van der Waals surface area contributed by atoms with Gasteiger partial charge in [-0.3, -0.25) is 4.79 Å². The summed E-state index contributed by atoms with van der Waals surface area (Å²) in [5.74, 6) is -1.22. The molecule has 1 atom stereocenters. The van der Waals surface area contributed by atoms with Crippen LogP contribution in [-0.4, -0.2) is 26.4 Å². The van der Waals surface area contributed by atoms with Crippen molar-refractivity contribution in [1.82, 2.24) is 5.32 Å². The fourth-order valence-electron chi connectivity index (χ4n) is 1.59. The van der Waals surface area contributed by atoms with Crippen molar-refractivity contribution < 1.29 is 22.7 Å². The van der Waals surface area contributed by atoms with Gasteiger partial charge in [-0.05, 0) is 24.4 Å². The van der Waals surface area contributed by atoms with E-state index in [9.17, 15) is 18.0 Å². The van der Waals surface area contributed by atoms with E-state index in [1.54, 1.807) is 0 Å². The normalized spacial score (nSPS) is 12.6. The Bertz CT molecular complexity index is 795. The molecule has 23 heavy (non-hydrogen) atoms. The van der Waals surface area contributed by atoms with Gasteiger partial charge in [0.05, 0.1) is 12.1 Å². The number of thiophene rings is 2. The molecule has 0 saturated heterocycles. The first-order chi connectivity index (χ1) is 10.8. The number of primary sulfonamides is 1. The Labute approximate surface area is 141 Å². The van der Waals surface area contributed by atoms with Crippen molar-refractivity contribution in [1.29, 1.82) is 0 Å². The molecule has 2 aromatic heterocycles. The molecule has 1 amide bonds. The number of amides is 1. The van der Waals surface area contributed by atoms with Crippen LogP contribution in [0.15, 0.2) is 33.2 Å². The Morgan fingerprint density at radius 3 is 2.70 bits per heavy atom. The van der Waals surface area contributed by atoms with Crippen molar-refractivity contribution in [3.05, 3.63) is 39.4 Å². The largest absolute Gasteiger partial charge is 0.449 e. The van der Waals surface area contributed by atoms with Crippen molar-refractivity contribution in [3.8, 4) is 0 Å². The number of nitrogens with two attached hydrogens (primary N) is 1. The standard InChI is InChI=1S/C13H14N2O5S3/c1-8(12(16)15-6-10-3-2-4-21-10)20-13(17)9-5-11(22-7-9)23(14,18)19/h2-5,7-8H,6H2,1H3,(H,15,16)(H2,14,18,19). The topological polar surface area (TPSA) is 116 Å². The van der Waals surface area contributed by atoms with Gasteiger partial charge in [0.15, 0.2) is 6.10 Å². The number of sulfonamides is 1. The van der Waals surface area contributed by atoms with E-state index in [2.05, 4.69) is 5.32 Å². The molecule has 2 rings (SSSR count). The SMILES string of the molecule is CC(OC(=O)c1csc(S(N)(=O)=O)c1)C(=O)NCc1cccs1. The van der Waals surface area contributed by atoms with E-state index < -0.39 is 28.0 Å². The molecule has 0 saturated carbocycles. The number of rotatable bonds is 6. The Hall–Kier alpha value is -1.75. The van der Waals surface area contributed by atoms with Gasteiger partial charge in [-0.25, -0.2) is 18.4 Å². The number of hydrogen-bond acceptors (Lipinski definition) is 7. The summed E-state index contributed by atoms with van der Waals surface area (Å²) in [7, 11) is -3.86. The quantitative estimate of drug-likeness (QED) is 0.740. The lowest BCUT2D eigenvalue weighted by atomic mass is 10.3. The molecule has 0 spiro atoms. The van der Waals surface area contributed by atoms with Crippen LogP contribution in [0.5, 0.6) is 0 Å². The van der Waals surface area contributed by atoms with Crippen molar-refractivity contribution in [3.63, 3.8) is 0 Å². The van der Waals surface area contributed by atoms with Crippen molar-refractivity contribution >= 4 is 44.6 Å². The third-order valence-electron chi connectivity index (χ3n) is 2.76. The number of esters is 1. The van der Waals surface area contributed by atoms with Gasteiger partial charge in [0.1, 0.15) is 4.21 Å². The fraction of sp³-hybridized carbons (Fsp3) is 0.231. The zero-order chi connectivity index (χ0) is 17.0. The predicted molar refractivity (Wildman–Crippen MR) is 86.7 cm³/mol. The van der Waals surface area contributed by atoms with E-state index in [-0.39, 0.29) is 9.77 Å². The van der Waals surface area contributed by atoms with Gasteiger partial charge >= 0.3 is 5.97 Å². The summed E-state index contributed by atoms with van der Waals surface area (Å²) in [6.45, 7) is 1.79. The second-order valence-corrected chi connectivity index (χ2v) is 8.28. The minimum atomic E-state index is -3.86. The summed E-state index contributed by atoms with van der Waals surface area (Å²) < 4.78 is 27.2. The predicted octanol–water partition coefficient (Wildman–Crippen LogP) is 1.32. The van der Waals surface area contributed by atoms with E-state index in [0.29, 0.717) is 6.54 Å². The van der Waals surface area contributed by atoms with Crippen molar-refractivity contribution in [2.75, 3.05) is 0 Å². The maximum Gasteiger partial charge on any atom is 0.339 e. The molecule has 3 N–H and O–H groups in total. The minimum Gasteiger partial charge on any atom is -0.449 e. The van der Waals surface area contributed by atoms with Crippen LogP contribution in [0.25, 0.3) is 0 Å². The maximum absolute atomic E-state index is 11.9. The highest BCUT2D eigenvalue weighted by Crippen LogP contribution is 2.19. The molecular formula is C13H14N2O5S3. The van der Waals surface area contributed by atoms with E-state index in [0.717, 1.165) is 22.3 Å². The van der Waals surface area contributed by atoms with Crippen LogP contribution in [0.3, 0.4) is 0 Å². The van der Waals surface area contributed by atoms with E-state index in [1.165, 1.54) is 23.6 Å². The van der Waals surface area contributed by atoms with Crippen molar-refractivity contribution in [2.45, 2.75) is 23.8 Å². The average Bonchev–Trinajstić information content (AvgIpc) is 3.14. The van der Waals surface area contributed by atoms with Crippen LogP contribution in [0.4, 0.5) is 0 Å². The van der Waals surface area contributed by atoms with E-state index >= 15 is 0 Å². The first-order valence-corrected chi connectivity index (χ1v) is 9.70. The fourth-order valence-corrected chi connectivity index (χ4v) is 3.81. The molecule has 1 unspecified atom stereocenters. The molecule has 0 aromatic carbocycles. The molecule has 2 aromatic rings. The van der Waals surface area contributed by atoms with Crippen molar-refractivity contribution in [2.24, 2.45) is 5.14 Å². The van der Waals surface area contributed by atoms with Gasteiger partial charge in [-0.15, -0.1) is 22.7 Å². The number of carbonyl (C=O) groups is 2. The van der Waals surface area contributed by atoms with Gasteiger partial charge in [-0.1, -0.05) is 6.07 Å². The molecule has 10 heteroatoms. The number of hydrogen-bond donors (Lipinski definition) is 2. The maximum atomic E-state index is 11.9. The highest BCUT2D eigenvalue weighted by atomic mass is 32.2. The molecular weight excluding hydrogens is 360 g/mol. The first-order valence-electron chi connectivity index (χ1n) is 6.40. The van der Waals surface area contributed by atoms with Gasteiger partial charge < -0.3 is 10.1 Å². The molecule has 0 aliphatic heterocycles. The lowest BCUT2D eigenvalue weighted by molar-refractivity contribution is -0.129. The number of nitrogens with one attached hydrogen (secondary N) is 1. The average molecular weight is 374 g/mol. The summed E-state index contributed by atoms with van der Waals surface area (Å²) in [4.78, 5) is 24.8. The smallest absolute Gasteiger partial charge is 0.339 e. The highest BCUT2D eigenvalue weighted by Gasteiger charge is 2.21. The molecule has 0 fully saturated rings. The Balaban J connectivity index is 1.91. The van der Waals surface area contributed by atoms with Gasteiger partial charge in [0.25, 0.3) is 5.91 Å². The monoisotopic (exact) mass is 374 g/mol. The van der Waals surface area contributed by atoms with Crippen LogP contribution < -0.4 is 10.5 Å². The third kappa shape index (κ3) is 4.86. The Kier molecular flexibility index (Phi) is 5.52. The molecule has 2 heterocycles. The molecule has 0 bridgehead atoms. The molecule has 7 nitrogen and oxygen atoms in total. The van der Waals surface area contributed by atoms with E-state index in [4.69, 9.17) is 9.88 Å². The summed E-state index contributed by atoms with van der Waals surface area (Å²) in [5.41, 5.74) is 0.0388. The lowest BCUT2D eigenvalue weighted by Gasteiger charge is -2.12. The summed E-state index contributed by atoms with van der Waals surface area (Å²) in [6, 6.07) is 4.87. The molecule has 124 valence electrons. The summed E-state index contributed by atoms with van der Waals surface area (Å²) in [6.07, 6.45) is -1.000. The van der Waals surface area contributed by atoms with Crippen LogP contribution in [0, 0.1) is 0 Å². The Morgan fingerprint density at radius 1 is 1.39 bits per heavy atom.